The Labute approximate surface area is 191 Å². The smallest absolute Gasteiger partial charge is 0.150 e. The fourth-order valence-electron chi connectivity index (χ4n) is 4.82. The number of nitrogens with zero attached hydrogens (tertiary/aromatic N) is 6. The summed E-state index contributed by atoms with van der Waals surface area (Å²) in [6.07, 6.45) is 8.53. The average molecular weight is 446 g/mol. The summed E-state index contributed by atoms with van der Waals surface area (Å²) in [5.74, 6) is 0.914. The fraction of sp³-hybridized carbons (Fsp3) is 0.417. The van der Waals surface area contributed by atoms with Crippen molar-refractivity contribution in [2.75, 3.05) is 31.3 Å². The molecule has 1 N–H and O–H groups in total. The molecular weight excluding hydrogens is 418 g/mol. The first-order valence-electron chi connectivity index (χ1n) is 11.6. The van der Waals surface area contributed by atoms with Crippen molar-refractivity contribution in [2.45, 2.75) is 38.5 Å². The number of fused-ring (bicyclic) bond motifs is 1. The summed E-state index contributed by atoms with van der Waals surface area (Å²) in [4.78, 5) is 12.2. The van der Waals surface area contributed by atoms with Crippen molar-refractivity contribution in [2.24, 2.45) is 0 Å². The fourth-order valence-corrected chi connectivity index (χ4v) is 4.82. The van der Waals surface area contributed by atoms with Crippen molar-refractivity contribution >= 4 is 16.7 Å². The van der Waals surface area contributed by atoms with Gasteiger partial charge in [-0.05, 0) is 50.5 Å². The molecule has 4 aromatic rings. The number of pyridine rings is 2. The van der Waals surface area contributed by atoms with Gasteiger partial charge in [-0.2, -0.15) is 10.2 Å². The van der Waals surface area contributed by atoms with E-state index in [0.717, 1.165) is 71.8 Å². The molecule has 0 aromatic carbocycles. The van der Waals surface area contributed by atoms with Crippen molar-refractivity contribution in [1.29, 1.82) is 0 Å². The number of hydrogen-bond donors (Lipinski definition) is 1. The summed E-state index contributed by atoms with van der Waals surface area (Å²) >= 11 is 0. The zero-order chi connectivity index (χ0) is 22.2. The van der Waals surface area contributed by atoms with Crippen LogP contribution in [0, 0.1) is 0 Å². The van der Waals surface area contributed by atoms with Crippen molar-refractivity contribution in [3.8, 4) is 22.6 Å². The first-order chi connectivity index (χ1) is 16.3. The van der Waals surface area contributed by atoms with E-state index in [9.17, 15) is 0 Å². The van der Waals surface area contributed by atoms with Crippen LogP contribution in [0.4, 0.5) is 5.82 Å². The summed E-state index contributed by atoms with van der Waals surface area (Å²) in [7, 11) is 0. The molecule has 0 radical (unpaired) electrons. The molecule has 170 valence electrons. The normalized spacial score (nSPS) is 21.5. The zero-order valence-electron chi connectivity index (χ0n) is 18.6. The highest BCUT2D eigenvalue weighted by atomic mass is 16.5. The van der Waals surface area contributed by atoms with Crippen LogP contribution in [0.25, 0.3) is 33.5 Å². The lowest BCUT2D eigenvalue weighted by Crippen LogP contribution is -2.44. The Balaban J connectivity index is 1.55. The molecule has 2 atom stereocenters. The van der Waals surface area contributed by atoms with Crippen LogP contribution >= 0.6 is 0 Å². The van der Waals surface area contributed by atoms with Crippen molar-refractivity contribution in [3.63, 3.8) is 0 Å². The Bertz CT molecular complexity index is 1250. The largest absolute Gasteiger partial charge is 0.377 e. The Morgan fingerprint density at radius 1 is 1.09 bits per heavy atom. The lowest BCUT2D eigenvalue weighted by atomic mass is 10.0. The lowest BCUT2D eigenvalue weighted by molar-refractivity contribution is -0.0383. The van der Waals surface area contributed by atoms with Crippen LogP contribution < -0.4 is 4.90 Å². The number of anilines is 1. The van der Waals surface area contributed by atoms with Crippen LogP contribution in [0.2, 0.25) is 0 Å². The molecule has 2 aliphatic rings. The first kappa shape index (κ1) is 20.3. The van der Waals surface area contributed by atoms with E-state index in [4.69, 9.17) is 19.4 Å². The van der Waals surface area contributed by atoms with E-state index in [0.29, 0.717) is 13.2 Å². The molecule has 6 rings (SSSR count). The minimum absolute atomic E-state index is 0.0738. The quantitative estimate of drug-likeness (QED) is 0.510. The molecule has 2 aliphatic heterocycles. The van der Waals surface area contributed by atoms with Gasteiger partial charge in [-0.15, -0.1) is 0 Å². The molecule has 2 fully saturated rings. The maximum atomic E-state index is 6.03. The summed E-state index contributed by atoms with van der Waals surface area (Å²) in [6, 6.07) is 8.39. The van der Waals surface area contributed by atoms with Crippen LogP contribution in [-0.4, -0.2) is 62.4 Å². The highest BCUT2D eigenvalue weighted by Crippen LogP contribution is 2.36. The molecule has 9 heteroatoms. The third-order valence-corrected chi connectivity index (χ3v) is 6.51. The van der Waals surface area contributed by atoms with Gasteiger partial charge in [-0.1, -0.05) is 0 Å². The van der Waals surface area contributed by atoms with Gasteiger partial charge in [0.15, 0.2) is 6.23 Å². The number of ether oxygens (including phenoxy) is 2. The van der Waals surface area contributed by atoms with Crippen molar-refractivity contribution in [1.82, 2.24) is 29.9 Å². The molecule has 1 unspecified atom stereocenters. The minimum Gasteiger partial charge on any atom is -0.377 e. The molecular formula is C24H27N7O2. The third kappa shape index (κ3) is 3.67. The van der Waals surface area contributed by atoms with E-state index in [2.05, 4.69) is 33.2 Å². The SMILES string of the molecule is C[C@@H]1COCCN1c1cc(-c2ccn[nH]2)c2ccnc(-c3ccnn3C3CCCCO3)c2n1. The van der Waals surface area contributed by atoms with E-state index >= 15 is 0 Å². The number of aromatic amines is 1. The molecule has 33 heavy (non-hydrogen) atoms. The maximum Gasteiger partial charge on any atom is 0.150 e. The number of morpholine rings is 1. The first-order valence-corrected chi connectivity index (χ1v) is 11.6. The molecule has 6 heterocycles. The van der Waals surface area contributed by atoms with Crippen LogP contribution in [0.15, 0.2) is 42.9 Å². The van der Waals surface area contributed by atoms with Gasteiger partial charge in [0.1, 0.15) is 17.0 Å². The van der Waals surface area contributed by atoms with E-state index in [1.165, 1.54) is 0 Å². The van der Waals surface area contributed by atoms with Crippen LogP contribution in [0.3, 0.4) is 0 Å². The molecule has 9 nitrogen and oxygen atoms in total. The average Bonchev–Trinajstić information content (AvgIpc) is 3.56. The number of H-pyrrole nitrogens is 1. The van der Waals surface area contributed by atoms with Crippen LogP contribution in [0.1, 0.15) is 32.4 Å². The second kappa shape index (κ2) is 8.57. The van der Waals surface area contributed by atoms with Gasteiger partial charge in [-0.3, -0.25) is 10.1 Å². The second-order valence-electron chi connectivity index (χ2n) is 8.65. The van der Waals surface area contributed by atoms with E-state index in [-0.39, 0.29) is 12.3 Å². The number of rotatable bonds is 4. The predicted octanol–water partition coefficient (Wildman–Crippen LogP) is 3.81. The van der Waals surface area contributed by atoms with Gasteiger partial charge >= 0.3 is 0 Å². The van der Waals surface area contributed by atoms with Gasteiger partial charge in [0.25, 0.3) is 0 Å². The van der Waals surface area contributed by atoms with Crippen molar-refractivity contribution in [3.05, 3.63) is 42.9 Å². The van der Waals surface area contributed by atoms with Crippen LogP contribution in [-0.2, 0) is 9.47 Å². The van der Waals surface area contributed by atoms with Gasteiger partial charge in [0.2, 0.25) is 0 Å². The molecule has 0 bridgehead atoms. The number of hydrogen-bond acceptors (Lipinski definition) is 7. The Hall–Kier alpha value is -3.30. The van der Waals surface area contributed by atoms with Crippen molar-refractivity contribution < 1.29 is 9.47 Å². The molecule has 4 aromatic heterocycles. The second-order valence-corrected chi connectivity index (χ2v) is 8.65. The number of aromatic nitrogens is 6. The van der Waals surface area contributed by atoms with E-state index in [1.807, 2.05) is 35.3 Å². The lowest BCUT2D eigenvalue weighted by Gasteiger charge is -2.34. The maximum absolute atomic E-state index is 6.03. The standard InChI is InChI=1S/C24H27N7O2/c1-16-15-32-13-11-30(16)21-14-18(19-6-9-26-29-19)17-5-8-25-24(23(17)28-21)20-7-10-27-31(20)22-4-2-3-12-33-22/h5-10,14,16,22H,2-4,11-13,15H2,1H3,(H,26,29)/t16-,22?/m1/s1. The predicted molar refractivity (Wildman–Crippen MR) is 125 cm³/mol. The minimum atomic E-state index is -0.0738. The van der Waals surface area contributed by atoms with E-state index in [1.54, 1.807) is 6.20 Å². The van der Waals surface area contributed by atoms with Crippen LogP contribution in [0.5, 0.6) is 0 Å². The highest BCUT2D eigenvalue weighted by molar-refractivity contribution is 6.01. The monoisotopic (exact) mass is 445 g/mol. The molecule has 0 amide bonds. The summed E-state index contributed by atoms with van der Waals surface area (Å²) < 4.78 is 13.7. The molecule has 0 spiro atoms. The molecule has 2 saturated heterocycles. The van der Waals surface area contributed by atoms with Gasteiger partial charge in [-0.25, -0.2) is 9.67 Å². The highest BCUT2D eigenvalue weighted by Gasteiger charge is 2.25. The van der Waals surface area contributed by atoms with E-state index < -0.39 is 0 Å². The third-order valence-electron chi connectivity index (χ3n) is 6.51. The Kier molecular flexibility index (Phi) is 5.27. The Morgan fingerprint density at radius 3 is 2.88 bits per heavy atom. The number of nitrogens with one attached hydrogen (secondary N) is 1. The topological polar surface area (TPSA) is 94.0 Å². The van der Waals surface area contributed by atoms with Gasteiger partial charge < -0.3 is 14.4 Å². The summed E-state index contributed by atoms with van der Waals surface area (Å²) in [6.45, 7) is 5.10. The van der Waals surface area contributed by atoms with Gasteiger partial charge in [0, 0.05) is 42.7 Å². The van der Waals surface area contributed by atoms with Gasteiger partial charge in [0.05, 0.1) is 30.6 Å². The molecule has 0 saturated carbocycles. The summed E-state index contributed by atoms with van der Waals surface area (Å²) in [5.41, 5.74) is 4.57. The zero-order valence-corrected chi connectivity index (χ0v) is 18.6. The summed E-state index contributed by atoms with van der Waals surface area (Å²) in [5, 5.41) is 12.9. The Morgan fingerprint density at radius 2 is 2.06 bits per heavy atom. The molecule has 0 aliphatic carbocycles.